The number of likely N-dealkylation sites (N-methyl/N-ethyl adjacent to an activating group) is 2. The van der Waals surface area contributed by atoms with Crippen molar-refractivity contribution in [2.75, 3.05) is 224 Å². The summed E-state index contributed by atoms with van der Waals surface area (Å²) in [6, 6.07) is 0. The van der Waals surface area contributed by atoms with Gasteiger partial charge in [-0.3, -0.25) is 9.59 Å². The van der Waals surface area contributed by atoms with Crippen LogP contribution >= 0.6 is 0 Å². The van der Waals surface area contributed by atoms with Gasteiger partial charge < -0.3 is 48.8 Å². The second-order valence-electron chi connectivity index (χ2n) is 30.3. The normalized spacial score (nSPS) is 39.4. The summed E-state index contributed by atoms with van der Waals surface area (Å²) >= 11 is 0. The number of carbonyl (C=O) groups excluding carboxylic acids is 6. The highest BCUT2D eigenvalue weighted by molar-refractivity contribution is 5.80. The van der Waals surface area contributed by atoms with E-state index in [2.05, 4.69) is 38.4 Å². The third-order valence-electron chi connectivity index (χ3n) is 25.6. The first-order chi connectivity index (χ1) is 46.1. The third-order valence-corrected chi connectivity index (χ3v) is 25.6. The van der Waals surface area contributed by atoms with Gasteiger partial charge in [0.25, 0.3) is 0 Å². The first-order valence-electron chi connectivity index (χ1n) is 35.7. The van der Waals surface area contributed by atoms with E-state index < -0.39 is 35.7 Å². The third kappa shape index (κ3) is 14.1. The Bertz CT molecular complexity index is 2660. The minimum atomic E-state index is -0.843. The second-order valence-corrected chi connectivity index (χ2v) is 30.3. The highest BCUT2D eigenvalue weighted by Crippen LogP contribution is 2.64. The Balaban J connectivity index is 0.000000208. The molecule has 2 saturated carbocycles. The predicted molar refractivity (Wildman–Crippen MR) is 337 cm³/mol. The van der Waals surface area contributed by atoms with Gasteiger partial charge in [0.05, 0.1) is 79.2 Å². The fourth-order valence-electron chi connectivity index (χ4n) is 22.7. The number of carbonyl (C=O) groups is 6. The quantitative estimate of drug-likeness (QED) is 0.0401. The largest absolute Gasteiger partial charge is 0.482 e. The smallest absolute Gasteiger partial charge is 0.477 e. The molecule has 8 heterocycles. The molecule has 0 amide bonds. The molecule has 4 N–H and O–H groups in total. The van der Waals surface area contributed by atoms with Crippen molar-refractivity contribution in [1.29, 1.82) is 0 Å². The van der Waals surface area contributed by atoms with Gasteiger partial charge in [0.2, 0.25) is 0 Å². The highest BCUT2D eigenvalue weighted by Gasteiger charge is 3.00. The number of allylic oxidation sites excluding steroid dienone is 4. The molecule has 96 heavy (non-hydrogen) atoms. The van der Waals surface area contributed by atoms with Crippen molar-refractivity contribution in [2.45, 2.75) is 114 Å². The van der Waals surface area contributed by atoms with Crippen LogP contribution in [0.4, 0.5) is 0 Å². The molecule has 0 aromatic carbocycles. The summed E-state index contributed by atoms with van der Waals surface area (Å²) in [6.07, 6.45) is 24.8. The fourth-order valence-corrected chi connectivity index (χ4v) is 22.7. The number of hydrogen-bond acceptors (Lipinski definition) is 16. The van der Waals surface area contributed by atoms with Crippen LogP contribution < -0.4 is 0 Å². The van der Waals surface area contributed by atoms with E-state index in [1.54, 1.807) is 0 Å². The molecule has 8 saturated heterocycles. The predicted octanol–water partition coefficient (Wildman–Crippen LogP) is 1.34. The van der Waals surface area contributed by atoms with E-state index in [1.165, 1.54) is 64.2 Å². The number of fused-ring (bicyclic) bond motifs is 2. The zero-order chi connectivity index (χ0) is 68.9. The Morgan fingerprint density at radius 2 is 0.625 bits per heavy atom. The molecule has 10 fully saturated rings. The van der Waals surface area contributed by atoms with Crippen molar-refractivity contribution in [1.82, 2.24) is 0 Å². The summed E-state index contributed by atoms with van der Waals surface area (Å²) in [5.41, 5.74) is 0. The average Bonchev–Trinajstić information content (AvgIpc) is 1.46. The Labute approximate surface area is 564 Å². The van der Waals surface area contributed by atoms with Gasteiger partial charge in [-0.05, 0) is 101 Å². The van der Waals surface area contributed by atoms with E-state index in [9.17, 15) is 49.2 Å². The molecule has 536 valence electrons. The maximum atomic E-state index is 13.6. The van der Waals surface area contributed by atoms with E-state index in [1.807, 2.05) is 0 Å². The number of hydrogen-bond donors (Lipinski definition) is 4. The summed E-state index contributed by atoms with van der Waals surface area (Å²) < 4.78 is 39.2. The van der Waals surface area contributed by atoms with Gasteiger partial charge in [-0.15, -0.1) is 17.9 Å². The lowest BCUT2D eigenvalue weighted by molar-refractivity contribution is -1.36. The summed E-state index contributed by atoms with van der Waals surface area (Å²) in [4.78, 5) is 109. The number of quaternary nitrogens is 8. The minimum absolute atomic E-state index is 0.0108. The van der Waals surface area contributed by atoms with E-state index >= 15 is 0 Å². The molecule has 4 aliphatic carbocycles. The second kappa shape index (κ2) is 32.0. The first kappa shape index (κ1) is 75.1. The molecule has 10 unspecified atom stereocenters. The summed E-state index contributed by atoms with van der Waals surface area (Å²) in [5, 5.41) is 40.1. The molecule has 0 radical (unpaired) electrons. The first-order valence-corrected chi connectivity index (χ1v) is 35.7. The zero-order valence-electron chi connectivity index (χ0n) is 57.2. The number of nitrogens with zero attached hydrogens (tertiary/aromatic N) is 8. The van der Waals surface area contributed by atoms with Crippen LogP contribution in [0.2, 0.25) is 0 Å². The Hall–Kier alpha value is -5.10. The van der Waals surface area contributed by atoms with Gasteiger partial charge in [0.1, 0.15) is 105 Å². The van der Waals surface area contributed by atoms with E-state index in [4.69, 9.17) is 47.6 Å². The molecule has 28 heteroatoms. The van der Waals surface area contributed by atoms with Gasteiger partial charge in [-0.25, -0.2) is 19.2 Å². The number of ether oxygens (including phenoxy) is 6. The minimum Gasteiger partial charge on any atom is -0.477 e. The lowest BCUT2D eigenvalue weighted by atomic mass is 9.66. The van der Waals surface area contributed by atoms with Crippen LogP contribution in [0.5, 0.6) is 0 Å². The van der Waals surface area contributed by atoms with Crippen LogP contribution in [-0.2, 0) is 76.4 Å². The monoisotopic (exact) mass is 1360 g/mol. The highest BCUT2D eigenvalue weighted by atomic mass is 16.6. The SMILES string of the molecule is C[N+]12CC[N+]3(CC(=O)O)CC[N+]4(CC(=O)O)CC[N+](CC(=O)CCCOCCOCCO[C@@H]5C[C@@H]6CC/C=C/CC[C@@H]65)(CC1)C234.C[N+]12CC[N+]3(CC(=O)O)CC[N+]4(CC(=O)O)CC[N+](CC(=O)CCCOCCOCCO[C@H]5C[C@@H]6CC/C=C/CC[C@@H]65)(CC1)C234.O=C=O.O=C=O. The van der Waals surface area contributed by atoms with Crippen LogP contribution in [0.25, 0.3) is 0 Å². The van der Waals surface area contributed by atoms with Crippen LogP contribution in [0, 0.1) is 23.7 Å². The summed E-state index contributed by atoms with van der Waals surface area (Å²) in [7, 11) is 4.39. The molecule has 28 nitrogen and oxygen atoms in total. The molecule has 12 rings (SSSR count). The van der Waals surface area contributed by atoms with Gasteiger partial charge in [-0.1, -0.05) is 24.3 Å². The number of carboxylic acids is 4. The van der Waals surface area contributed by atoms with Crippen molar-refractivity contribution in [3.8, 4) is 0 Å². The maximum Gasteiger partial charge on any atom is 0.482 e. The van der Waals surface area contributed by atoms with Gasteiger partial charge in [0, 0.05) is 26.1 Å². The molecule has 12 aliphatic rings. The number of ketones is 2. The summed E-state index contributed by atoms with van der Waals surface area (Å²) in [5.74, 6) is -1.26. The van der Waals surface area contributed by atoms with Crippen LogP contribution in [0.1, 0.15) is 89.9 Å². The number of carboxylic acid groups (broad SMARTS) is 4. The molecular weight excluding hydrogens is 1250 g/mol. The molecule has 16 atom stereocenters. The van der Waals surface area contributed by atoms with Crippen molar-refractivity contribution in [3.05, 3.63) is 24.3 Å². The topological polar surface area (TPSA) is 307 Å². The van der Waals surface area contributed by atoms with Crippen LogP contribution in [-0.4, -0.2) is 352 Å². The number of aliphatic carboxylic acids is 4. The van der Waals surface area contributed by atoms with Crippen molar-refractivity contribution >= 4 is 47.7 Å². The van der Waals surface area contributed by atoms with Gasteiger partial charge in [0.15, 0.2) is 50.8 Å². The van der Waals surface area contributed by atoms with Crippen molar-refractivity contribution in [2.24, 2.45) is 23.7 Å². The summed E-state index contributed by atoms with van der Waals surface area (Å²) in [6.45, 7) is 17.8. The Morgan fingerprint density at radius 3 is 0.917 bits per heavy atom. The molecule has 0 aromatic rings. The molecule has 0 aromatic heterocycles. The molecular formula is C68H112N8O20+8. The molecule has 2 spiro atoms. The van der Waals surface area contributed by atoms with E-state index in [0.717, 1.165) is 77.3 Å². The van der Waals surface area contributed by atoms with E-state index in [0.29, 0.717) is 204 Å². The standard InChI is InChI=1S/2C33H54N4O8.2CO2/c2*1-34-10-12-35(14-15-37(26-32(41)42)17-16-36(13-11-34,25-31(39)40)33(34,35)37)24-28(38)8-6-18-43-19-20-44-21-22-45-30-23-27-7-4-2-3-5-9-29(27)30;2*2-1-3/h2*2-3,27,29-30H,4-26H2,1H3;;/q2*+2;;/p+4/b2*3-2+;;/t27-,29-,30+,33?,34?,35?,36?,37?;27-,29-,30-,33?,34?,35?,36?,37?;;/m00../s1. The van der Waals surface area contributed by atoms with Crippen LogP contribution in [0.3, 0.4) is 0 Å². The Morgan fingerprint density at radius 1 is 0.375 bits per heavy atom. The van der Waals surface area contributed by atoms with E-state index in [-0.39, 0.29) is 50.0 Å². The van der Waals surface area contributed by atoms with Crippen LogP contribution in [0.15, 0.2) is 24.3 Å². The zero-order valence-corrected chi connectivity index (χ0v) is 57.2. The van der Waals surface area contributed by atoms with Crippen molar-refractivity contribution < 1.29 is 133 Å². The van der Waals surface area contributed by atoms with Gasteiger partial charge >= 0.3 is 48.0 Å². The Kier molecular flexibility index (Phi) is 25.1. The average molecular weight is 1360 g/mol. The number of Topliss-reactive ketones (excluding diaryl/α,β-unsaturated/α-hetero) is 2. The molecule has 0 bridgehead atoms. The van der Waals surface area contributed by atoms with Crippen molar-refractivity contribution in [3.63, 3.8) is 0 Å². The number of rotatable bonds is 34. The lowest BCUT2D eigenvalue weighted by Crippen LogP contribution is -2.85. The lowest BCUT2D eigenvalue weighted by Gasteiger charge is -2.49. The van der Waals surface area contributed by atoms with Gasteiger partial charge in [-0.2, -0.15) is 37.1 Å². The molecule has 8 aliphatic heterocycles. The maximum absolute atomic E-state index is 13.6. The fraction of sp³-hybridized carbons (Fsp3) is 0.824.